The molecule has 1 saturated carbocycles. The summed E-state index contributed by atoms with van der Waals surface area (Å²) in [6.45, 7) is 7.86. The molecule has 12 nitrogen and oxygen atoms in total. The summed E-state index contributed by atoms with van der Waals surface area (Å²) in [5.41, 5.74) is 0. The molecule has 0 bridgehead atoms. The van der Waals surface area contributed by atoms with Crippen LogP contribution in [0.15, 0.2) is 0 Å². The lowest BCUT2D eigenvalue weighted by atomic mass is 9.90. The number of unbranched alkanes of at least 4 members (excludes halogenated alkanes) is 24. The third kappa shape index (κ3) is 35.1. The van der Waals surface area contributed by atoms with Crippen molar-refractivity contribution in [3.05, 3.63) is 0 Å². The Bertz CT molecular complexity index is 912. The summed E-state index contributed by atoms with van der Waals surface area (Å²) < 4.78 is 10.6. The van der Waals surface area contributed by atoms with Crippen molar-refractivity contribution in [2.45, 2.75) is 231 Å². The maximum atomic E-state index is 12.6. The molecule has 1 aliphatic rings. The zero-order valence-corrected chi connectivity index (χ0v) is 37.5. The van der Waals surface area contributed by atoms with E-state index in [1.54, 1.807) is 0 Å². The molecule has 0 aromatic rings. The minimum atomic E-state index is -0.326. The molecule has 0 unspecified atom stereocenters. The van der Waals surface area contributed by atoms with Crippen molar-refractivity contribution in [2.75, 3.05) is 39.4 Å². The largest absolute Gasteiger partial charge is 0.450 e. The highest BCUT2D eigenvalue weighted by Crippen LogP contribution is 2.19. The third-order valence-corrected chi connectivity index (χ3v) is 11.2. The van der Waals surface area contributed by atoms with E-state index in [0.717, 1.165) is 103 Å². The van der Waals surface area contributed by atoms with Crippen molar-refractivity contribution >= 4 is 24.2 Å². The summed E-state index contributed by atoms with van der Waals surface area (Å²) in [5, 5.41) is 17.8. The highest BCUT2D eigenvalue weighted by Gasteiger charge is 2.27. The molecule has 1 rings (SSSR count). The van der Waals surface area contributed by atoms with Crippen LogP contribution in [0.25, 0.3) is 0 Å². The van der Waals surface area contributed by atoms with Crippen molar-refractivity contribution in [1.29, 1.82) is 0 Å². The first-order valence-electron chi connectivity index (χ1n) is 24.4. The fourth-order valence-electron chi connectivity index (χ4n) is 7.52. The van der Waals surface area contributed by atoms with Crippen LogP contribution in [-0.4, -0.2) is 75.7 Å². The summed E-state index contributed by atoms with van der Waals surface area (Å²) in [5.74, 6) is 0. The molecule has 340 valence electrons. The van der Waals surface area contributed by atoms with Crippen LogP contribution in [0, 0.1) is 0 Å². The zero-order chi connectivity index (χ0) is 42.0. The van der Waals surface area contributed by atoms with Crippen molar-refractivity contribution in [3.8, 4) is 0 Å². The van der Waals surface area contributed by atoms with Crippen LogP contribution < -0.4 is 31.9 Å². The van der Waals surface area contributed by atoms with Gasteiger partial charge in [0.15, 0.2) is 0 Å². The van der Waals surface area contributed by atoms with E-state index in [4.69, 9.17) is 9.47 Å². The summed E-state index contributed by atoms with van der Waals surface area (Å²) in [7, 11) is 0. The zero-order valence-electron chi connectivity index (χ0n) is 37.5. The Labute approximate surface area is 354 Å². The van der Waals surface area contributed by atoms with Crippen LogP contribution in [0.3, 0.4) is 0 Å². The van der Waals surface area contributed by atoms with Crippen LogP contribution in [0.2, 0.25) is 0 Å². The molecule has 6 amide bonds. The summed E-state index contributed by atoms with van der Waals surface area (Å²) in [4.78, 5) is 49.1. The standard InChI is InChI=1S/C46H90N6O6/c1-3-5-7-9-11-13-15-17-23-31-39-57-45(55)49-37-29-21-19-27-35-47-43(53)51-41-33-25-26-34-42(41)52-44(54)48-36-28-20-22-30-38-50-46(56)58-40-32-24-18-16-14-12-10-8-6-4-2/h41-42H,3-40H2,1-2H3,(H,49,55)(H,50,56)(H2,47,51,53)(H2,48,52,54)/t41-,42-/m1/s1. The van der Waals surface area contributed by atoms with E-state index >= 15 is 0 Å². The van der Waals surface area contributed by atoms with Crippen LogP contribution in [0.4, 0.5) is 19.2 Å². The lowest BCUT2D eigenvalue weighted by molar-refractivity contribution is 0.142. The first kappa shape index (κ1) is 53.1. The van der Waals surface area contributed by atoms with E-state index in [9.17, 15) is 19.2 Å². The average molecular weight is 823 g/mol. The Balaban J connectivity index is 1.96. The maximum Gasteiger partial charge on any atom is 0.407 e. The van der Waals surface area contributed by atoms with Crippen LogP contribution in [-0.2, 0) is 9.47 Å². The number of alkyl carbamates (subject to hydrolysis) is 2. The molecule has 0 saturated heterocycles. The Morgan fingerprint density at radius 3 is 0.983 bits per heavy atom. The fraction of sp³-hybridized carbons (Fsp3) is 0.913. The quantitative estimate of drug-likeness (QED) is 0.0340. The van der Waals surface area contributed by atoms with Gasteiger partial charge in [-0.05, 0) is 51.4 Å². The molecule has 0 spiro atoms. The van der Waals surface area contributed by atoms with Gasteiger partial charge >= 0.3 is 24.2 Å². The average Bonchev–Trinajstić information content (AvgIpc) is 3.21. The molecule has 0 aliphatic heterocycles. The molecule has 0 aromatic heterocycles. The Hall–Kier alpha value is -2.92. The number of nitrogens with one attached hydrogen (secondary N) is 6. The number of urea groups is 2. The van der Waals surface area contributed by atoms with Crippen LogP contribution in [0.5, 0.6) is 0 Å². The predicted octanol–water partition coefficient (Wildman–Crippen LogP) is 11.3. The van der Waals surface area contributed by atoms with Crippen molar-refractivity contribution in [2.24, 2.45) is 0 Å². The molecule has 12 heteroatoms. The number of hydrogen-bond acceptors (Lipinski definition) is 6. The van der Waals surface area contributed by atoms with Gasteiger partial charge in [0, 0.05) is 26.2 Å². The van der Waals surface area contributed by atoms with Gasteiger partial charge in [-0.1, -0.05) is 168 Å². The minimum absolute atomic E-state index is 0.0930. The molecule has 6 N–H and O–H groups in total. The first-order valence-corrected chi connectivity index (χ1v) is 24.4. The highest BCUT2D eigenvalue weighted by molar-refractivity contribution is 5.76. The van der Waals surface area contributed by atoms with Gasteiger partial charge < -0.3 is 41.4 Å². The molecule has 2 atom stereocenters. The highest BCUT2D eigenvalue weighted by atomic mass is 16.6. The Morgan fingerprint density at radius 2 is 0.655 bits per heavy atom. The smallest absolute Gasteiger partial charge is 0.407 e. The summed E-state index contributed by atoms with van der Waals surface area (Å²) in [6, 6.07) is -0.570. The van der Waals surface area contributed by atoms with Gasteiger partial charge in [-0.3, -0.25) is 0 Å². The third-order valence-electron chi connectivity index (χ3n) is 11.2. The molecular formula is C46H90N6O6. The van der Waals surface area contributed by atoms with Gasteiger partial charge in [0.25, 0.3) is 0 Å². The second-order valence-corrected chi connectivity index (χ2v) is 16.6. The predicted molar refractivity (Wildman–Crippen MR) is 238 cm³/mol. The normalized spacial score (nSPS) is 15.0. The maximum absolute atomic E-state index is 12.6. The van der Waals surface area contributed by atoms with E-state index in [-0.39, 0.29) is 36.3 Å². The van der Waals surface area contributed by atoms with E-state index in [2.05, 4.69) is 45.7 Å². The SMILES string of the molecule is CCCCCCCCCCCCOC(=O)NCCCCCCNC(=O)N[C@@H]1CCCC[C@H]1NC(=O)NCCCCCCNC(=O)OCCCCCCCCCCCC. The Kier molecular flexibility index (Phi) is 37.4. The van der Waals surface area contributed by atoms with Crippen molar-refractivity contribution in [3.63, 3.8) is 0 Å². The second kappa shape index (κ2) is 40.8. The van der Waals surface area contributed by atoms with Gasteiger partial charge in [0.1, 0.15) is 0 Å². The number of ether oxygens (including phenoxy) is 2. The number of carbonyl (C=O) groups is 4. The lowest BCUT2D eigenvalue weighted by Crippen LogP contribution is -2.56. The number of amides is 6. The summed E-state index contributed by atoms with van der Waals surface area (Å²) in [6.07, 6.45) is 35.6. The lowest BCUT2D eigenvalue weighted by Gasteiger charge is -2.32. The number of rotatable bonds is 38. The second-order valence-electron chi connectivity index (χ2n) is 16.6. The fourth-order valence-corrected chi connectivity index (χ4v) is 7.52. The van der Waals surface area contributed by atoms with Crippen molar-refractivity contribution < 1.29 is 28.7 Å². The molecule has 58 heavy (non-hydrogen) atoms. The van der Waals surface area contributed by atoms with E-state index < -0.39 is 0 Å². The van der Waals surface area contributed by atoms with Gasteiger partial charge in [-0.2, -0.15) is 0 Å². The van der Waals surface area contributed by atoms with Crippen LogP contribution >= 0.6 is 0 Å². The first-order chi connectivity index (χ1) is 28.5. The van der Waals surface area contributed by atoms with Gasteiger partial charge in [-0.15, -0.1) is 0 Å². The Morgan fingerprint density at radius 1 is 0.379 bits per heavy atom. The van der Waals surface area contributed by atoms with Crippen LogP contribution in [0.1, 0.15) is 219 Å². The van der Waals surface area contributed by atoms with Gasteiger partial charge in [0.2, 0.25) is 0 Å². The molecule has 0 radical (unpaired) electrons. The number of carbonyl (C=O) groups excluding carboxylic acids is 4. The van der Waals surface area contributed by atoms with Crippen molar-refractivity contribution in [1.82, 2.24) is 31.9 Å². The molecule has 0 aromatic carbocycles. The van der Waals surface area contributed by atoms with E-state index in [1.807, 2.05) is 0 Å². The monoisotopic (exact) mass is 823 g/mol. The molecule has 1 aliphatic carbocycles. The minimum Gasteiger partial charge on any atom is -0.450 e. The van der Waals surface area contributed by atoms with E-state index in [1.165, 1.54) is 103 Å². The van der Waals surface area contributed by atoms with Gasteiger partial charge in [0.05, 0.1) is 25.3 Å². The molecule has 0 heterocycles. The number of hydrogen-bond donors (Lipinski definition) is 6. The summed E-state index contributed by atoms with van der Waals surface area (Å²) >= 11 is 0. The molecule has 1 fully saturated rings. The topological polar surface area (TPSA) is 159 Å². The van der Waals surface area contributed by atoms with E-state index in [0.29, 0.717) is 39.4 Å². The van der Waals surface area contributed by atoms with Gasteiger partial charge in [-0.25, -0.2) is 19.2 Å². The molecular weight excluding hydrogens is 733 g/mol.